The Morgan fingerprint density at radius 3 is 2.75 bits per heavy atom. The number of hydrogen-bond acceptors (Lipinski definition) is 3. The molecule has 1 atom stereocenters. The maximum Gasteiger partial charge on any atom is 0.123 e. The average molecular weight is 295 g/mol. The van der Waals surface area contributed by atoms with Gasteiger partial charge >= 0.3 is 0 Å². The van der Waals surface area contributed by atoms with Gasteiger partial charge in [0.25, 0.3) is 0 Å². The normalized spacial score (nSPS) is 12.4. The molecule has 1 N–H and O–H groups in total. The first-order valence-corrected chi connectivity index (χ1v) is 6.84. The van der Waals surface area contributed by atoms with Crippen LogP contribution in [0, 0.1) is 12.7 Å². The third-order valence-electron chi connectivity index (χ3n) is 3.14. The van der Waals surface area contributed by atoms with Crippen LogP contribution in [0.3, 0.4) is 0 Å². The summed E-state index contributed by atoms with van der Waals surface area (Å²) < 4.78 is 13.2. The Morgan fingerprint density at radius 2 is 2.05 bits per heavy atom. The highest BCUT2D eigenvalue weighted by Crippen LogP contribution is 2.26. The predicted octanol–water partition coefficient (Wildman–Crippen LogP) is 3.42. The van der Waals surface area contributed by atoms with Gasteiger partial charge in [0.05, 0.1) is 17.5 Å². The number of aromatic nitrogens is 2. The first-order valence-electron chi connectivity index (χ1n) is 6.46. The van der Waals surface area contributed by atoms with Gasteiger partial charge in [-0.2, -0.15) is 10.2 Å². The lowest BCUT2D eigenvalue weighted by Crippen LogP contribution is -2.09. The summed E-state index contributed by atoms with van der Waals surface area (Å²) in [5, 5.41) is 18.9. The van der Waals surface area contributed by atoms with Crippen molar-refractivity contribution in [2.45, 2.75) is 32.8 Å². The van der Waals surface area contributed by atoms with Gasteiger partial charge < -0.3 is 5.11 Å². The number of aliphatic hydroxyl groups is 1. The molecule has 2 aromatic rings. The minimum atomic E-state index is -0.779. The molecular weight excluding hydrogens is 279 g/mol. The summed E-state index contributed by atoms with van der Waals surface area (Å²) in [6.45, 7) is 3.77. The summed E-state index contributed by atoms with van der Waals surface area (Å²) in [6, 6.07) is 5.95. The van der Waals surface area contributed by atoms with E-state index in [-0.39, 0.29) is 12.2 Å². The highest BCUT2D eigenvalue weighted by molar-refractivity contribution is 6.31. The minimum absolute atomic E-state index is 0.245. The van der Waals surface area contributed by atoms with Crippen LogP contribution in [0.25, 0.3) is 0 Å². The Labute approximate surface area is 122 Å². The van der Waals surface area contributed by atoms with Gasteiger partial charge in [-0.05, 0) is 43.2 Å². The van der Waals surface area contributed by atoms with Crippen LogP contribution in [0.1, 0.15) is 35.5 Å². The number of nitrogens with zero attached hydrogens (tertiary/aromatic N) is 2. The van der Waals surface area contributed by atoms with Crippen molar-refractivity contribution >= 4 is 11.6 Å². The lowest BCUT2D eigenvalue weighted by Gasteiger charge is -2.15. The van der Waals surface area contributed by atoms with Crippen molar-refractivity contribution in [3.05, 3.63) is 57.6 Å². The van der Waals surface area contributed by atoms with Gasteiger partial charge in [-0.1, -0.05) is 18.5 Å². The van der Waals surface area contributed by atoms with E-state index in [9.17, 15) is 9.50 Å². The maximum absolute atomic E-state index is 13.2. The van der Waals surface area contributed by atoms with Crippen molar-refractivity contribution in [2.75, 3.05) is 0 Å². The fraction of sp³-hybridized carbons (Fsp3) is 0.333. The van der Waals surface area contributed by atoms with Gasteiger partial charge in [0.1, 0.15) is 5.82 Å². The van der Waals surface area contributed by atoms with Gasteiger partial charge in [0.15, 0.2) is 0 Å². The molecular formula is C15H16ClFN2O. The second kappa shape index (κ2) is 6.29. The van der Waals surface area contributed by atoms with Crippen LogP contribution in [0.4, 0.5) is 4.39 Å². The SMILES string of the molecule is CCc1nnc(C)cc1C(O)Cc1cc(F)ccc1Cl. The third-order valence-corrected chi connectivity index (χ3v) is 3.51. The third kappa shape index (κ3) is 3.32. The van der Waals surface area contributed by atoms with E-state index in [0.717, 1.165) is 17.0 Å². The molecule has 1 unspecified atom stereocenters. The standard InChI is InChI=1S/C15H16ClFN2O/c1-3-14-12(6-9(2)18-19-14)15(20)8-10-7-11(17)4-5-13(10)16/h4-7,15,20H,3,8H2,1-2H3. The van der Waals surface area contributed by atoms with Crippen LogP contribution in [0.2, 0.25) is 5.02 Å². The van der Waals surface area contributed by atoms with Crippen LogP contribution in [-0.2, 0) is 12.8 Å². The van der Waals surface area contributed by atoms with E-state index in [1.54, 1.807) is 0 Å². The Morgan fingerprint density at radius 1 is 1.30 bits per heavy atom. The number of benzene rings is 1. The van der Waals surface area contributed by atoms with Crippen LogP contribution in [-0.4, -0.2) is 15.3 Å². The van der Waals surface area contributed by atoms with Crippen molar-refractivity contribution < 1.29 is 9.50 Å². The van der Waals surface area contributed by atoms with Gasteiger partial charge in [-0.15, -0.1) is 0 Å². The van der Waals surface area contributed by atoms with Crippen LogP contribution < -0.4 is 0 Å². The number of aliphatic hydroxyl groups excluding tert-OH is 1. The van der Waals surface area contributed by atoms with Crippen molar-refractivity contribution in [2.24, 2.45) is 0 Å². The Bertz CT molecular complexity index is 619. The maximum atomic E-state index is 13.2. The summed E-state index contributed by atoms with van der Waals surface area (Å²) in [5.74, 6) is -0.364. The van der Waals surface area contributed by atoms with Gasteiger partial charge in [0.2, 0.25) is 0 Å². The fourth-order valence-corrected chi connectivity index (χ4v) is 2.31. The average Bonchev–Trinajstić information content (AvgIpc) is 2.42. The molecule has 0 spiro atoms. The van der Waals surface area contributed by atoms with Crippen molar-refractivity contribution in [1.29, 1.82) is 0 Å². The molecule has 0 aliphatic heterocycles. The second-order valence-corrected chi connectivity index (χ2v) is 5.10. The van der Waals surface area contributed by atoms with E-state index in [4.69, 9.17) is 11.6 Å². The molecule has 0 amide bonds. The molecule has 0 radical (unpaired) electrons. The summed E-state index contributed by atoms with van der Waals surface area (Å²) in [5.41, 5.74) is 2.79. The van der Waals surface area contributed by atoms with Crippen molar-refractivity contribution in [1.82, 2.24) is 10.2 Å². The molecule has 106 valence electrons. The molecule has 0 saturated heterocycles. The quantitative estimate of drug-likeness (QED) is 0.940. The molecule has 0 aliphatic rings. The summed E-state index contributed by atoms with van der Waals surface area (Å²) >= 11 is 6.03. The van der Waals surface area contributed by atoms with E-state index in [2.05, 4.69) is 10.2 Å². The molecule has 1 aromatic heterocycles. The topological polar surface area (TPSA) is 46.0 Å². The molecule has 5 heteroatoms. The molecule has 1 heterocycles. The first-order chi connectivity index (χ1) is 9.51. The lowest BCUT2D eigenvalue weighted by atomic mass is 9.99. The van der Waals surface area contributed by atoms with Crippen LogP contribution in [0.5, 0.6) is 0 Å². The summed E-state index contributed by atoms with van der Waals surface area (Å²) in [7, 11) is 0. The van der Waals surface area contributed by atoms with Crippen molar-refractivity contribution in [3.8, 4) is 0 Å². The Hall–Kier alpha value is -1.52. The zero-order chi connectivity index (χ0) is 14.7. The molecule has 3 nitrogen and oxygen atoms in total. The number of hydrogen-bond donors (Lipinski definition) is 1. The largest absolute Gasteiger partial charge is 0.388 e. The summed E-state index contributed by atoms with van der Waals surface area (Å²) in [6.07, 6.45) is 0.143. The predicted molar refractivity (Wildman–Crippen MR) is 76.2 cm³/mol. The number of rotatable bonds is 4. The first kappa shape index (κ1) is 14.9. The van der Waals surface area contributed by atoms with Gasteiger partial charge in [-0.25, -0.2) is 4.39 Å². The van der Waals surface area contributed by atoms with Crippen LogP contribution in [0.15, 0.2) is 24.3 Å². The smallest absolute Gasteiger partial charge is 0.123 e. The zero-order valence-electron chi connectivity index (χ0n) is 11.4. The number of halogens is 2. The monoisotopic (exact) mass is 294 g/mol. The van der Waals surface area contributed by atoms with E-state index < -0.39 is 6.10 Å². The van der Waals surface area contributed by atoms with Crippen molar-refractivity contribution in [3.63, 3.8) is 0 Å². The lowest BCUT2D eigenvalue weighted by molar-refractivity contribution is 0.176. The van der Waals surface area contributed by atoms with E-state index in [0.29, 0.717) is 17.0 Å². The summed E-state index contributed by atoms with van der Waals surface area (Å²) in [4.78, 5) is 0. The van der Waals surface area contributed by atoms with Crippen LogP contribution >= 0.6 is 11.6 Å². The zero-order valence-corrected chi connectivity index (χ0v) is 12.2. The van der Waals surface area contributed by atoms with Gasteiger partial charge in [-0.3, -0.25) is 0 Å². The van der Waals surface area contributed by atoms with Gasteiger partial charge in [0, 0.05) is 17.0 Å². The van der Waals surface area contributed by atoms with E-state index in [1.165, 1.54) is 18.2 Å². The molecule has 1 aromatic carbocycles. The molecule has 0 bridgehead atoms. The second-order valence-electron chi connectivity index (χ2n) is 4.70. The van der Waals surface area contributed by atoms with E-state index >= 15 is 0 Å². The highest BCUT2D eigenvalue weighted by atomic mass is 35.5. The van der Waals surface area contributed by atoms with E-state index in [1.807, 2.05) is 19.9 Å². The number of aryl methyl sites for hydroxylation is 2. The molecule has 0 saturated carbocycles. The fourth-order valence-electron chi connectivity index (χ4n) is 2.12. The molecule has 20 heavy (non-hydrogen) atoms. The minimum Gasteiger partial charge on any atom is -0.388 e. The Balaban J connectivity index is 2.30. The molecule has 0 aliphatic carbocycles. The Kier molecular flexibility index (Phi) is 4.68. The molecule has 0 fully saturated rings. The highest BCUT2D eigenvalue weighted by Gasteiger charge is 2.16. The molecule has 2 rings (SSSR count).